The molecule has 0 atom stereocenters. The van der Waals surface area contributed by atoms with Crippen LogP contribution in [0.1, 0.15) is 10.4 Å². The zero-order valence-corrected chi connectivity index (χ0v) is 9.65. The number of nitrogens with zero attached hydrogens (tertiary/aromatic N) is 1. The molecule has 1 aromatic carbocycles. The Morgan fingerprint density at radius 3 is 2.68 bits per heavy atom. The number of nitrogen functional groups attached to an aromatic ring is 1. The van der Waals surface area contributed by atoms with E-state index >= 15 is 0 Å². The number of hydrogen-bond donors (Lipinski definition) is 3. The van der Waals surface area contributed by atoms with Crippen LogP contribution in [0.4, 0.5) is 20.2 Å². The smallest absolute Gasteiger partial charge is 0.259 e. The molecular weight excluding hydrogens is 254 g/mol. The predicted octanol–water partition coefficient (Wildman–Crippen LogP) is 1.90. The summed E-state index contributed by atoms with van der Waals surface area (Å²) in [5.74, 6) is 2.70. The SMILES string of the molecule is NNc1ccncc1C(=O)Nc1ccc(F)c(F)c1. The van der Waals surface area contributed by atoms with Gasteiger partial charge in [0.15, 0.2) is 11.6 Å². The van der Waals surface area contributed by atoms with Gasteiger partial charge in [-0.05, 0) is 18.2 Å². The molecule has 19 heavy (non-hydrogen) atoms. The molecule has 0 radical (unpaired) electrons. The first kappa shape index (κ1) is 12.9. The lowest BCUT2D eigenvalue weighted by Crippen LogP contribution is -2.17. The molecule has 2 rings (SSSR count). The van der Waals surface area contributed by atoms with Gasteiger partial charge in [-0.15, -0.1) is 0 Å². The summed E-state index contributed by atoms with van der Waals surface area (Å²) < 4.78 is 25.8. The minimum absolute atomic E-state index is 0.135. The van der Waals surface area contributed by atoms with Crippen LogP contribution >= 0.6 is 0 Å². The van der Waals surface area contributed by atoms with Gasteiger partial charge in [0, 0.05) is 24.1 Å². The third-order valence-corrected chi connectivity index (χ3v) is 2.40. The van der Waals surface area contributed by atoms with E-state index in [0.29, 0.717) is 5.69 Å². The molecular formula is C12H10F2N4O. The summed E-state index contributed by atoms with van der Waals surface area (Å²) >= 11 is 0. The largest absolute Gasteiger partial charge is 0.323 e. The third kappa shape index (κ3) is 2.83. The normalized spacial score (nSPS) is 10.1. The Bertz CT molecular complexity index is 618. The van der Waals surface area contributed by atoms with E-state index in [9.17, 15) is 13.6 Å². The Kier molecular flexibility index (Phi) is 3.67. The average Bonchev–Trinajstić information content (AvgIpc) is 2.43. The maximum absolute atomic E-state index is 13.0. The fourth-order valence-electron chi connectivity index (χ4n) is 1.47. The second-order valence-electron chi connectivity index (χ2n) is 3.65. The number of rotatable bonds is 3. The number of carbonyl (C=O) groups is 1. The quantitative estimate of drug-likeness (QED) is 0.584. The lowest BCUT2D eigenvalue weighted by molar-refractivity contribution is 0.102. The second-order valence-corrected chi connectivity index (χ2v) is 3.65. The van der Waals surface area contributed by atoms with Gasteiger partial charge in [0.05, 0.1) is 11.3 Å². The number of carbonyl (C=O) groups excluding carboxylic acids is 1. The van der Waals surface area contributed by atoms with E-state index in [1.165, 1.54) is 24.5 Å². The molecule has 98 valence electrons. The number of anilines is 2. The Labute approximate surface area is 107 Å². The van der Waals surface area contributed by atoms with Crippen LogP contribution in [0.2, 0.25) is 0 Å². The van der Waals surface area contributed by atoms with E-state index in [4.69, 9.17) is 5.84 Å². The minimum atomic E-state index is -1.04. The molecule has 0 aliphatic heterocycles. The summed E-state index contributed by atoms with van der Waals surface area (Å²) in [5, 5.41) is 2.42. The molecule has 0 aliphatic carbocycles. The van der Waals surface area contributed by atoms with E-state index in [1.807, 2.05) is 0 Å². The van der Waals surface area contributed by atoms with Gasteiger partial charge in [0.1, 0.15) is 0 Å². The average molecular weight is 264 g/mol. The van der Waals surface area contributed by atoms with Crippen LogP contribution in [-0.2, 0) is 0 Å². The first-order chi connectivity index (χ1) is 9.11. The Morgan fingerprint density at radius 1 is 1.21 bits per heavy atom. The van der Waals surface area contributed by atoms with E-state index in [-0.39, 0.29) is 11.3 Å². The van der Waals surface area contributed by atoms with Crippen molar-refractivity contribution in [1.29, 1.82) is 0 Å². The summed E-state index contributed by atoms with van der Waals surface area (Å²) in [7, 11) is 0. The van der Waals surface area contributed by atoms with E-state index in [2.05, 4.69) is 15.7 Å². The highest BCUT2D eigenvalue weighted by molar-refractivity contribution is 6.07. The predicted molar refractivity (Wildman–Crippen MR) is 66.4 cm³/mol. The molecule has 4 N–H and O–H groups in total. The van der Waals surface area contributed by atoms with Crippen molar-refractivity contribution in [3.05, 3.63) is 53.9 Å². The van der Waals surface area contributed by atoms with Crippen LogP contribution in [0.3, 0.4) is 0 Å². The first-order valence-electron chi connectivity index (χ1n) is 5.29. The highest BCUT2D eigenvalue weighted by atomic mass is 19.2. The van der Waals surface area contributed by atoms with Gasteiger partial charge in [-0.3, -0.25) is 15.6 Å². The summed E-state index contributed by atoms with van der Waals surface area (Å²) in [4.78, 5) is 15.7. The molecule has 0 bridgehead atoms. The molecule has 5 nitrogen and oxygen atoms in total. The zero-order chi connectivity index (χ0) is 13.8. The number of aromatic nitrogens is 1. The van der Waals surface area contributed by atoms with Gasteiger partial charge in [0.2, 0.25) is 0 Å². The summed E-state index contributed by atoms with van der Waals surface area (Å²) in [6.07, 6.45) is 2.77. The van der Waals surface area contributed by atoms with Crippen LogP contribution < -0.4 is 16.6 Å². The lowest BCUT2D eigenvalue weighted by atomic mass is 10.2. The van der Waals surface area contributed by atoms with Crippen molar-refractivity contribution < 1.29 is 13.6 Å². The maximum Gasteiger partial charge on any atom is 0.259 e. The van der Waals surface area contributed by atoms with Gasteiger partial charge >= 0.3 is 0 Å². The molecule has 0 unspecified atom stereocenters. The Balaban J connectivity index is 2.23. The topological polar surface area (TPSA) is 80.0 Å². The number of nitrogens with one attached hydrogen (secondary N) is 2. The van der Waals surface area contributed by atoms with Crippen molar-refractivity contribution in [2.24, 2.45) is 5.84 Å². The fraction of sp³-hybridized carbons (Fsp3) is 0. The summed E-state index contributed by atoms with van der Waals surface area (Å²) in [6, 6.07) is 4.58. The van der Waals surface area contributed by atoms with Gasteiger partial charge in [-0.25, -0.2) is 8.78 Å². The number of pyridine rings is 1. The molecule has 0 aliphatic rings. The fourth-order valence-corrected chi connectivity index (χ4v) is 1.47. The van der Waals surface area contributed by atoms with Gasteiger partial charge in [-0.2, -0.15) is 0 Å². The number of amides is 1. The van der Waals surface area contributed by atoms with Crippen molar-refractivity contribution in [1.82, 2.24) is 4.98 Å². The zero-order valence-electron chi connectivity index (χ0n) is 9.65. The van der Waals surface area contributed by atoms with Crippen molar-refractivity contribution in [3.8, 4) is 0 Å². The molecule has 1 amide bonds. The van der Waals surface area contributed by atoms with Crippen molar-refractivity contribution >= 4 is 17.3 Å². The number of hydrogen-bond acceptors (Lipinski definition) is 4. The van der Waals surface area contributed by atoms with Gasteiger partial charge in [0.25, 0.3) is 5.91 Å². The number of nitrogens with two attached hydrogens (primary N) is 1. The number of halogens is 2. The van der Waals surface area contributed by atoms with Gasteiger partial charge < -0.3 is 10.7 Å². The Hall–Kier alpha value is -2.54. The van der Waals surface area contributed by atoms with Crippen molar-refractivity contribution in [3.63, 3.8) is 0 Å². The second kappa shape index (κ2) is 5.40. The van der Waals surface area contributed by atoms with Crippen LogP contribution in [0.25, 0.3) is 0 Å². The minimum Gasteiger partial charge on any atom is -0.323 e. The van der Waals surface area contributed by atoms with Crippen molar-refractivity contribution in [2.45, 2.75) is 0 Å². The summed E-state index contributed by atoms with van der Waals surface area (Å²) in [6.45, 7) is 0. The lowest BCUT2D eigenvalue weighted by Gasteiger charge is -2.09. The highest BCUT2D eigenvalue weighted by Crippen LogP contribution is 2.17. The van der Waals surface area contributed by atoms with Crippen molar-refractivity contribution in [2.75, 3.05) is 10.7 Å². The van der Waals surface area contributed by atoms with E-state index in [0.717, 1.165) is 12.1 Å². The van der Waals surface area contributed by atoms with Crippen LogP contribution in [-0.4, -0.2) is 10.9 Å². The molecule has 2 aromatic rings. The molecule has 0 fully saturated rings. The molecule has 0 saturated carbocycles. The van der Waals surface area contributed by atoms with Crippen LogP contribution in [0.15, 0.2) is 36.7 Å². The molecule has 1 aromatic heterocycles. The van der Waals surface area contributed by atoms with E-state index in [1.54, 1.807) is 0 Å². The van der Waals surface area contributed by atoms with Crippen LogP contribution in [0.5, 0.6) is 0 Å². The highest BCUT2D eigenvalue weighted by Gasteiger charge is 2.12. The molecule has 1 heterocycles. The van der Waals surface area contributed by atoms with Crippen LogP contribution in [0, 0.1) is 11.6 Å². The third-order valence-electron chi connectivity index (χ3n) is 2.40. The van der Waals surface area contributed by atoms with E-state index < -0.39 is 17.5 Å². The summed E-state index contributed by atoms with van der Waals surface area (Å²) in [5.41, 5.74) is 3.04. The standard InChI is InChI=1S/C12H10F2N4O/c13-9-2-1-7(5-10(9)14)17-12(19)8-6-16-4-3-11(8)18-15/h1-6H,15H2,(H,16,18)(H,17,19). The first-order valence-corrected chi connectivity index (χ1v) is 5.29. The number of benzene rings is 1. The maximum atomic E-state index is 13.0. The monoisotopic (exact) mass is 264 g/mol. The molecule has 0 spiro atoms. The molecule has 0 saturated heterocycles. The van der Waals surface area contributed by atoms with Gasteiger partial charge in [-0.1, -0.05) is 0 Å². The molecule has 7 heteroatoms. The Morgan fingerprint density at radius 2 is 2.00 bits per heavy atom. The number of hydrazine groups is 1.